The molecular weight excluding hydrogens is 373 g/mol. The first-order valence-electron chi connectivity index (χ1n) is 8.02. The molecule has 1 aromatic rings. The standard InChI is InChI=1S/C14H20N2O2S.C2HF3O2/c1-15(2)14(17)13-8-11-12(18-13)5-6-16(11)9-10-4-3-7-19-10;3-2(4,5)1(6)7/h3-4,7,11-13H,5-6,8-9H2,1-2H3;(H,6,7)/t11-,12-,13+;/m1./s1. The van der Waals surface area contributed by atoms with Crippen molar-refractivity contribution in [3.05, 3.63) is 22.4 Å². The van der Waals surface area contributed by atoms with Crippen molar-refractivity contribution in [2.75, 3.05) is 20.6 Å². The van der Waals surface area contributed by atoms with Gasteiger partial charge in [0.1, 0.15) is 6.10 Å². The fourth-order valence-corrected chi connectivity index (χ4v) is 3.81. The van der Waals surface area contributed by atoms with Crippen molar-refractivity contribution in [3.8, 4) is 0 Å². The molecule has 0 bridgehead atoms. The van der Waals surface area contributed by atoms with E-state index in [0.717, 1.165) is 25.9 Å². The zero-order valence-electron chi connectivity index (χ0n) is 14.4. The Kier molecular flexibility index (Phi) is 6.64. The third-order valence-electron chi connectivity index (χ3n) is 4.29. The molecule has 0 unspecified atom stereocenters. The number of hydrogen-bond acceptors (Lipinski definition) is 5. The summed E-state index contributed by atoms with van der Waals surface area (Å²) in [4.78, 5) is 26.4. The summed E-state index contributed by atoms with van der Waals surface area (Å²) < 4.78 is 37.7. The van der Waals surface area contributed by atoms with Gasteiger partial charge >= 0.3 is 12.1 Å². The minimum absolute atomic E-state index is 0.102. The molecule has 0 radical (unpaired) electrons. The number of ether oxygens (including phenoxy) is 1. The molecule has 26 heavy (non-hydrogen) atoms. The van der Waals surface area contributed by atoms with Crippen LogP contribution in [0.15, 0.2) is 17.5 Å². The van der Waals surface area contributed by atoms with Crippen molar-refractivity contribution in [2.24, 2.45) is 0 Å². The van der Waals surface area contributed by atoms with Crippen molar-refractivity contribution in [3.63, 3.8) is 0 Å². The molecule has 0 aromatic carbocycles. The Bertz CT molecular complexity index is 622. The predicted molar refractivity (Wildman–Crippen MR) is 88.8 cm³/mol. The molecule has 2 fully saturated rings. The molecule has 1 amide bonds. The number of carbonyl (C=O) groups is 2. The van der Waals surface area contributed by atoms with Gasteiger partial charge in [-0.25, -0.2) is 4.79 Å². The van der Waals surface area contributed by atoms with Crippen LogP contribution in [0.4, 0.5) is 13.2 Å². The molecular formula is C16H21F3N2O4S. The number of likely N-dealkylation sites (N-methyl/N-ethyl adjacent to an activating group) is 1. The first-order chi connectivity index (χ1) is 12.1. The van der Waals surface area contributed by atoms with Gasteiger partial charge in [-0.15, -0.1) is 11.3 Å². The Morgan fingerprint density at radius 1 is 1.42 bits per heavy atom. The number of carbonyl (C=O) groups excluding carboxylic acids is 1. The largest absolute Gasteiger partial charge is 0.490 e. The van der Waals surface area contributed by atoms with E-state index in [-0.39, 0.29) is 18.1 Å². The number of rotatable bonds is 3. The van der Waals surface area contributed by atoms with Gasteiger partial charge in [0.15, 0.2) is 0 Å². The predicted octanol–water partition coefficient (Wildman–Crippen LogP) is 2.20. The highest BCUT2D eigenvalue weighted by molar-refractivity contribution is 7.09. The quantitative estimate of drug-likeness (QED) is 0.851. The monoisotopic (exact) mass is 394 g/mol. The summed E-state index contributed by atoms with van der Waals surface area (Å²) in [6.07, 6.45) is -3.19. The number of carboxylic acids is 1. The van der Waals surface area contributed by atoms with E-state index in [1.54, 1.807) is 30.3 Å². The molecule has 146 valence electrons. The van der Waals surface area contributed by atoms with Crippen LogP contribution in [0.5, 0.6) is 0 Å². The van der Waals surface area contributed by atoms with E-state index in [4.69, 9.17) is 14.6 Å². The van der Waals surface area contributed by atoms with Gasteiger partial charge in [-0.1, -0.05) is 6.07 Å². The maximum Gasteiger partial charge on any atom is 0.490 e. The van der Waals surface area contributed by atoms with E-state index < -0.39 is 12.1 Å². The van der Waals surface area contributed by atoms with Crippen LogP contribution in [-0.2, 0) is 20.9 Å². The van der Waals surface area contributed by atoms with Crippen LogP contribution >= 0.6 is 11.3 Å². The van der Waals surface area contributed by atoms with E-state index in [9.17, 15) is 18.0 Å². The van der Waals surface area contributed by atoms with Crippen LogP contribution in [0.2, 0.25) is 0 Å². The van der Waals surface area contributed by atoms with Gasteiger partial charge in [0.2, 0.25) is 0 Å². The molecule has 0 spiro atoms. The molecule has 6 nitrogen and oxygen atoms in total. The lowest BCUT2D eigenvalue weighted by Gasteiger charge is -2.22. The van der Waals surface area contributed by atoms with Gasteiger partial charge in [-0.2, -0.15) is 13.2 Å². The normalized spacial score (nSPS) is 25.3. The van der Waals surface area contributed by atoms with Crippen molar-refractivity contribution in [1.29, 1.82) is 0 Å². The van der Waals surface area contributed by atoms with Gasteiger partial charge in [-0.3, -0.25) is 9.69 Å². The summed E-state index contributed by atoms with van der Waals surface area (Å²) in [5.41, 5.74) is 0. The average Bonchev–Trinajstić information content (AvgIpc) is 3.25. The fourth-order valence-electron chi connectivity index (χ4n) is 3.08. The Labute approximate surface area is 153 Å². The molecule has 2 aliphatic rings. The second-order valence-electron chi connectivity index (χ2n) is 6.34. The molecule has 3 rings (SSSR count). The number of fused-ring (bicyclic) bond motifs is 1. The Morgan fingerprint density at radius 3 is 2.58 bits per heavy atom. The number of hydrogen-bond donors (Lipinski definition) is 1. The topological polar surface area (TPSA) is 70.1 Å². The van der Waals surface area contributed by atoms with Crippen LogP contribution in [0, 0.1) is 0 Å². The van der Waals surface area contributed by atoms with Gasteiger partial charge in [0.25, 0.3) is 5.91 Å². The number of thiophene rings is 1. The van der Waals surface area contributed by atoms with Crippen molar-refractivity contribution < 1.29 is 32.6 Å². The minimum atomic E-state index is -5.08. The molecule has 10 heteroatoms. The number of aliphatic carboxylic acids is 1. The molecule has 3 atom stereocenters. The van der Waals surface area contributed by atoms with Crippen LogP contribution in [0.1, 0.15) is 17.7 Å². The highest BCUT2D eigenvalue weighted by Crippen LogP contribution is 2.34. The van der Waals surface area contributed by atoms with E-state index >= 15 is 0 Å². The van der Waals surface area contributed by atoms with E-state index in [1.807, 2.05) is 0 Å². The van der Waals surface area contributed by atoms with E-state index in [2.05, 4.69) is 22.4 Å². The summed E-state index contributed by atoms with van der Waals surface area (Å²) in [6, 6.07) is 4.68. The second kappa shape index (κ2) is 8.36. The SMILES string of the molecule is CN(C)C(=O)[C@@H]1C[C@@H]2[C@@H](CCN2Cc2cccs2)O1.O=C(O)C(F)(F)F. The summed E-state index contributed by atoms with van der Waals surface area (Å²) in [5, 5.41) is 9.24. The molecule has 0 aliphatic carbocycles. The lowest BCUT2D eigenvalue weighted by Crippen LogP contribution is -2.35. The second-order valence-corrected chi connectivity index (χ2v) is 7.37. The van der Waals surface area contributed by atoms with Crippen LogP contribution in [0.3, 0.4) is 0 Å². The summed E-state index contributed by atoms with van der Waals surface area (Å²) >= 11 is 1.80. The fraction of sp³-hybridized carbons (Fsp3) is 0.625. The van der Waals surface area contributed by atoms with Crippen LogP contribution in [-0.4, -0.2) is 71.8 Å². The molecule has 1 aromatic heterocycles. The first-order valence-corrected chi connectivity index (χ1v) is 8.90. The molecule has 2 saturated heterocycles. The summed E-state index contributed by atoms with van der Waals surface area (Å²) in [7, 11) is 3.59. The lowest BCUT2D eigenvalue weighted by atomic mass is 10.1. The third kappa shape index (κ3) is 5.18. The third-order valence-corrected chi connectivity index (χ3v) is 5.15. The number of amides is 1. The zero-order chi connectivity index (χ0) is 19.5. The van der Waals surface area contributed by atoms with Crippen molar-refractivity contribution in [2.45, 2.75) is 43.8 Å². The number of alkyl halides is 3. The van der Waals surface area contributed by atoms with E-state index in [1.165, 1.54) is 4.88 Å². The summed E-state index contributed by atoms with van der Waals surface area (Å²) in [5.74, 6) is -2.65. The van der Waals surface area contributed by atoms with Crippen molar-refractivity contribution >= 4 is 23.2 Å². The average molecular weight is 394 g/mol. The van der Waals surface area contributed by atoms with Gasteiger partial charge < -0.3 is 14.7 Å². The minimum Gasteiger partial charge on any atom is -0.475 e. The van der Waals surface area contributed by atoms with Gasteiger partial charge in [0, 0.05) is 44.5 Å². The van der Waals surface area contributed by atoms with Gasteiger partial charge in [-0.05, 0) is 17.9 Å². The highest BCUT2D eigenvalue weighted by Gasteiger charge is 2.45. The Balaban J connectivity index is 0.000000298. The number of halogens is 3. The van der Waals surface area contributed by atoms with Gasteiger partial charge in [0.05, 0.1) is 6.10 Å². The first kappa shape index (κ1) is 20.7. The van der Waals surface area contributed by atoms with Crippen molar-refractivity contribution in [1.82, 2.24) is 9.80 Å². The molecule has 1 N–H and O–H groups in total. The lowest BCUT2D eigenvalue weighted by molar-refractivity contribution is -0.192. The van der Waals surface area contributed by atoms with E-state index in [0.29, 0.717) is 6.04 Å². The number of nitrogens with zero attached hydrogens (tertiary/aromatic N) is 2. The molecule has 3 heterocycles. The smallest absolute Gasteiger partial charge is 0.475 e. The number of likely N-dealkylation sites (tertiary alicyclic amines) is 1. The maximum absolute atomic E-state index is 12.0. The maximum atomic E-state index is 12.0. The van der Waals surface area contributed by atoms with Crippen LogP contribution in [0.25, 0.3) is 0 Å². The number of carboxylic acid groups (broad SMARTS) is 1. The highest BCUT2D eigenvalue weighted by atomic mass is 32.1. The molecule has 0 saturated carbocycles. The van der Waals surface area contributed by atoms with Crippen LogP contribution < -0.4 is 0 Å². The Morgan fingerprint density at radius 2 is 2.08 bits per heavy atom. The summed E-state index contributed by atoms with van der Waals surface area (Å²) in [6.45, 7) is 2.07. The Hall–Kier alpha value is -1.65. The zero-order valence-corrected chi connectivity index (χ0v) is 15.2. The molecule has 2 aliphatic heterocycles.